The Kier molecular flexibility index (Phi) is 4.82. The van der Waals surface area contributed by atoms with Crippen molar-refractivity contribution in [3.8, 4) is 0 Å². The zero-order valence-corrected chi connectivity index (χ0v) is 13.8. The van der Waals surface area contributed by atoms with Crippen molar-refractivity contribution in [2.45, 2.75) is 51.5 Å². The van der Waals surface area contributed by atoms with Crippen LogP contribution in [0.2, 0.25) is 0 Å². The summed E-state index contributed by atoms with van der Waals surface area (Å²) in [6.45, 7) is 7.42. The number of carbonyl (C=O) groups excluding carboxylic acids is 1. The van der Waals surface area contributed by atoms with Crippen molar-refractivity contribution in [2.24, 2.45) is 5.92 Å². The minimum atomic E-state index is 0.371. The molecule has 0 aromatic heterocycles. The Morgan fingerprint density at radius 1 is 1.27 bits per heavy atom. The van der Waals surface area contributed by atoms with Crippen LogP contribution in [0.3, 0.4) is 0 Å². The van der Waals surface area contributed by atoms with Gasteiger partial charge in [0.15, 0.2) is 0 Å². The summed E-state index contributed by atoms with van der Waals surface area (Å²) in [5.74, 6) is 1.46. The van der Waals surface area contributed by atoms with Crippen LogP contribution in [-0.2, 0) is 4.79 Å². The maximum atomic E-state index is 12.7. The number of carbonyl (C=O) groups is 1. The van der Waals surface area contributed by atoms with Gasteiger partial charge in [-0.3, -0.25) is 4.79 Å². The summed E-state index contributed by atoms with van der Waals surface area (Å²) < 4.78 is 0. The fraction of sp³-hybridized carbons (Fsp3) is 0.632. The van der Waals surface area contributed by atoms with Crippen LogP contribution >= 0.6 is 0 Å². The molecule has 0 bridgehead atoms. The first-order chi connectivity index (χ1) is 10.6. The third-order valence-electron chi connectivity index (χ3n) is 5.45. The number of piperidine rings is 1. The number of likely N-dealkylation sites (tertiary alicyclic amines) is 1. The van der Waals surface area contributed by atoms with Crippen LogP contribution in [-0.4, -0.2) is 36.5 Å². The second-order valence-corrected chi connectivity index (χ2v) is 7.08. The fourth-order valence-corrected chi connectivity index (χ4v) is 4.10. The predicted molar refractivity (Wildman–Crippen MR) is 89.9 cm³/mol. The van der Waals surface area contributed by atoms with Gasteiger partial charge in [0.25, 0.3) is 0 Å². The number of nitrogens with zero attached hydrogens (tertiary/aromatic N) is 1. The van der Waals surface area contributed by atoms with Gasteiger partial charge in [0.1, 0.15) is 0 Å². The topological polar surface area (TPSA) is 32.3 Å². The van der Waals surface area contributed by atoms with Gasteiger partial charge in [-0.1, -0.05) is 24.3 Å². The van der Waals surface area contributed by atoms with E-state index in [0.717, 1.165) is 45.3 Å². The van der Waals surface area contributed by atoms with E-state index in [9.17, 15) is 4.79 Å². The maximum absolute atomic E-state index is 12.7. The second-order valence-electron chi connectivity index (χ2n) is 7.08. The highest BCUT2D eigenvalue weighted by Crippen LogP contribution is 2.34. The van der Waals surface area contributed by atoms with Gasteiger partial charge < -0.3 is 10.2 Å². The van der Waals surface area contributed by atoms with Gasteiger partial charge in [-0.2, -0.15) is 0 Å². The van der Waals surface area contributed by atoms with E-state index in [2.05, 4.69) is 48.3 Å². The first kappa shape index (κ1) is 15.5. The number of rotatable bonds is 3. The molecule has 2 heterocycles. The molecular weight excluding hydrogens is 272 g/mol. The summed E-state index contributed by atoms with van der Waals surface area (Å²) in [7, 11) is 0. The molecule has 2 fully saturated rings. The molecule has 120 valence electrons. The smallest absolute Gasteiger partial charge is 0.223 e. The van der Waals surface area contributed by atoms with E-state index in [4.69, 9.17) is 0 Å². The van der Waals surface area contributed by atoms with Crippen LogP contribution in [0.15, 0.2) is 24.3 Å². The zero-order chi connectivity index (χ0) is 15.5. The number of hydrogen-bond acceptors (Lipinski definition) is 2. The van der Waals surface area contributed by atoms with E-state index in [1.54, 1.807) is 0 Å². The maximum Gasteiger partial charge on any atom is 0.223 e. The summed E-state index contributed by atoms with van der Waals surface area (Å²) in [4.78, 5) is 14.8. The molecule has 2 unspecified atom stereocenters. The first-order valence-electron chi connectivity index (χ1n) is 8.71. The largest absolute Gasteiger partial charge is 0.339 e. The molecule has 3 nitrogen and oxygen atoms in total. The predicted octanol–water partition coefficient (Wildman–Crippen LogP) is 3.09. The highest BCUT2D eigenvalue weighted by Gasteiger charge is 2.34. The lowest BCUT2D eigenvalue weighted by Gasteiger charge is -2.27. The Balaban J connectivity index is 1.63. The van der Waals surface area contributed by atoms with E-state index < -0.39 is 0 Å². The normalized spacial score (nSPS) is 26.4. The average molecular weight is 300 g/mol. The first-order valence-corrected chi connectivity index (χ1v) is 8.71. The molecule has 3 heteroatoms. The van der Waals surface area contributed by atoms with Crippen LogP contribution in [0, 0.1) is 12.8 Å². The number of benzene rings is 1. The van der Waals surface area contributed by atoms with Crippen molar-refractivity contribution in [1.82, 2.24) is 10.2 Å². The standard InChI is InChI=1S/C19H28N2O/c1-14-5-3-4-6-18(14)17-11-15(2)21(13-17)19(22)12-16-7-9-20-10-8-16/h3-6,15-17,20H,7-13H2,1-2H3. The minimum absolute atomic E-state index is 0.371. The Morgan fingerprint density at radius 3 is 2.73 bits per heavy atom. The lowest BCUT2D eigenvalue weighted by atomic mass is 9.93. The van der Waals surface area contributed by atoms with Gasteiger partial charge in [0.2, 0.25) is 5.91 Å². The zero-order valence-electron chi connectivity index (χ0n) is 13.8. The summed E-state index contributed by atoms with van der Waals surface area (Å²) >= 11 is 0. The molecule has 0 saturated carbocycles. The number of hydrogen-bond donors (Lipinski definition) is 1. The van der Waals surface area contributed by atoms with E-state index in [-0.39, 0.29) is 0 Å². The summed E-state index contributed by atoms with van der Waals surface area (Å²) in [6.07, 6.45) is 4.14. The molecule has 0 spiro atoms. The van der Waals surface area contributed by atoms with Gasteiger partial charge in [0.05, 0.1) is 0 Å². The monoisotopic (exact) mass is 300 g/mol. The van der Waals surface area contributed by atoms with E-state index in [0.29, 0.717) is 23.8 Å². The number of amides is 1. The molecule has 2 aliphatic heterocycles. The molecule has 2 aliphatic rings. The van der Waals surface area contributed by atoms with Crippen molar-refractivity contribution >= 4 is 5.91 Å². The Bertz CT molecular complexity index is 522. The Morgan fingerprint density at radius 2 is 2.00 bits per heavy atom. The highest BCUT2D eigenvalue weighted by molar-refractivity contribution is 5.77. The van der Waals surface area contributed by atoms with Gasteiger partial charge in [-0.05, 0) is 63.2 Å². The molecule has 1 amide bonds. The van der Waals surface area contributed by atoms with Crippen molar-refractivity contribution in [1.29, 1.82) is 0 Å². The van der Waals surface area contributed by atoms with Gasteiger partial charge >= 0.3 is 0 Å². The van der Waals surface area contributed by atoms with Crippen LogP contribution in [0.5, 0.6) is 0 Å². The lowest BCUT2D eigenvalue weighted by molar-refractivity contribution is -0.132. The highest BCUT2D eigenvalue weighted by atomic mass is 16.2. The second kappa shape index (κ2) is 6.82. The molecule has 3 rings (SSSR count). The fourth-order valence-electron chi connectivity index (χ4n) is 4.10. The van der Waals surface area contributed by atoms with Gasteiger partial charge in [-0.15, -0.1) is 0 Å². The molecule has 1 N–H and O–H groups in total. The number of nitrogens with one attached hydrogen (secondary N) is 1. The van der Waals surface area contributed by atoms with Crippen LogP contribution in [0.1, 0.15) is 49.7 Å². The molecule has 1 aromatic carbocycles. The molecular formula is C19H28N2O. The third kappa shape index (κ3) is 3.35. The van der Waals surface area contributed by atoms with E-state index in [1.807, 2.05) is 0 Å². The SMILES string of the molecule is Cc1ccccc1C1CC(C)N(C(=O)CC2CCNCC2)C1. The van der Waals surface area contributed by atoms with E-state index in [1.165, 1.54) is 11.1 Å². The summed E-state index contributed by atoms with van der Waals surface area (Å²) in [5, 5.41) is 3.38. The number of aryl methyl sites for hydroxylation is 1. The Labute approximate surface area is 134 Å². The molecule has 2 saturated heterocycles. The van der Waals surface area contributed by atoms with Crippen LogP contribution in [0.25, 0.3) is 0 Å². The van der Waals surface area contributed by atoms with Crippen LogP contribution in [0.4, 0.5) is 0 Å². The van der Waals surface area contributed by atoms with Gasteiger partial charge in [-0.25, -0.2) is 0 Å². The van der Waals surface area contributed by atoms with Crippen molar-refractivity contribution < 1.29 is 4.79 Å². The average Bonchev–Trinajstić information content (AvgIpc) is 2.90. The third-order valence-corrected chi connectivity index (χ3v) is 5.45. The molecule has 0 radical (unpaired) electrons. The van der Waals surface area contributed by atoms with Gasteiger partial charge in [0, 0.05) is 24.9 Å². The minimum Gasteiger partial charge on any atom is -0.339 e. The summed E-state index contributed by atoms with van der Waals surface area (Å²) in [6, 6.07) is 9.00. The summed E-state index contributed by atoms with van der Waals surface area (Å²) in [5.41, 5.74) is 2.78. The van der Waals surface area contributed by atoms with E-state index >= 15 is 0 Å². The molecule has 22 heavy (non-hydrogen) atoms. The Hall–Kier alpha value is -1.35. The molecule has 2 atom stereocenters. The molecule has 0 aliphatic carbocycles. The van der Waals surface area contributed by atoms with Crippen molar-refractivity contribution in [3.63, 3.8) is 0 Å². The van der Waals surface area contributed by atoms with Crippen LogP contribution < -0.4 is 5.32 Å². The molecule has 1 aromatic rings. The van der Waals surface area contributed by atoms with Crippen molar-refractivity contribution in [2.75, 3.05) is 19.6 Å². The lowest BCUT2D eigenvalue weighted by Crippen LogP contribution is -2.37. The quantitative estimate of drug-likeness (QED) is 0.930. The van der Waals surface area contributed by atoms with Crippen molar-refractivity contribution in [3.05, 3.63) is 35.4 Å².